The molecule has 0 aliphatic rings. The van der Waals surface area contributed by atoms with Crippen molar-refractivity contribution in [3.63, 3.8) is 0 Å². The predicted octanol–water partition coefficient (Wildman–Crippen LogP) is 2.81. The quantitative estimate of drug-likeness (QED) is 0.718. The molecule has 0 aromatic carbocycles. The number of halogens is 1. The number of rotatable bonds is 6. The number of thiophene rings is 2. The summed E-state index contributed by atoms with van der Waals surface area (Å²) in [5, 5.41) is 8.00. The maximum absolute atomic E-state index is 10.6. The maximum Gasteiger partial charge on any atom is 0.312 e. The largest absolute Gasteiger partial charge is 0.352 e. The third-order valence-corrected chi connectivity index (χ3v) is 4.71. The number of carbonyl (C=O) groups excluding carboxylic acids is 1. The van der Waals surface area contributed by atoms with Gasteiger partial charge in [-0.25, -0.2) is 4.79 Å². The van der Waals surface area contributed by atoms with Crippen molar-refractivity contribution in [3.05, 3.63) is 43.7 Å². The second kappa shape index (κ2) is 6.91. The van der Waals surface area contributed by atoms with E-state index in [0.29, 0.717) is 13.1 Å². The molecule has 0 bridgehead atoms. The van der Waals surface area contributed by atoms with Gasteiger partial charge >= 0.3 is 6.03 Å². The summed E-state index contributed by atoms with van der Waals surface area (Å²) in [5.41, 5.74) is 5.03. The highest BCUT2D eigenvalue weighted by Gasteiger charge is 2.16. The Morgan fingerprint density at radius 2 is 2.16 bits per heavy atom. The van der Waals surface area contributed by atoms with E-state index < -0.39 is 6.03 Å². The van der Waals surface area contributed by atoms with Gasteiger partial charge in [0, 0.05) is 22.8 Å². The lowest BCUT2D eigenvalue weighted by Gasteiger charge is -2.16. The fraction of sp³-hybridized carbons (Fsp3) is 0.250. The summed E-state index contributed by atoms with van der Waals surface area (Å²) >= 11 is 9.23. The Morgan fingerprint density at radius 3 is 2.74 bits per heavy atom. The fourth-order valence-corrected chi connectivity index (χ4v) is 3.73. The van der Waals surface area contributed by atoms with Crippen LogP contribution in [0.5, 0.6) is 0 Å². The summed E-state index contributed by atoms with van der Waals surface area (Å²) in [4.78, 5) is 13.0. The monoisotopic (exact) mass is 315 g/mol. The minimum atomic E-state index is -0.506. The van der Waals surface area contributed by atoms with Crippen LogP contribution in [0.4, 0.5) is 4.79 Å². The smallest absolute Gasteiger partial charge is 0.312 e. The topological polar surface area (TPSA) is 67.2 Å². The summed E-state index contributed by atoms with van der Waals surface area (Å²) in [6.45, 7) is 1.14. The lowest BCUT2D eigenvalue weighted by molar-refractivity contribution is 0.249. The molecule has 2 amide bonds. The molecule has 2 aromatic heterocycles. The van der Waals surface area contributed by atoms with Gasteiger partial charge in [0.2, 0.25) is 0 Å². The third kappa shape index (κ3) is 4.21. The van der Waals surface area contributed by atoms with Crippen molar-refractivity contribution in [2.24, 2.45) is 5.73 Å². The van der Waals surface area contributed by atoms with Crippen LogP contribution in [0.15, 0.2) is 29.6 Å². The Balaban J connectivity index is 2.01. The van der Waals surface area contributed by atoms with E-state index >= 15 is 0 Å². The van der Waals surface area contributed by atoms with Crippen LogP contribution in [0.1, 0.15) is 15.8 Å². The summed E-state index contributed by atoms with van der Waals surface area (Å²) in [5.74, 6) is 0. The van der Waals surface area contributed by atoms with Crippen LogP contribution in [-0.4, -0.2) is 19.1 Å². The first-order valence-corrected chi connectivity index (χ1v) is 7.79. The zero-order valence-electron chi connectivity index (χ0n) is 10.1. The minimum Gasteiger partial charge on any atom is -0.352 e. The van der Waals surface area contributed by atoms with Gasteiger partial charge in [-0.05, 0) is 23.6 Å². The molecule has 0 saturated heterocycles. The average Bonchev–Trinajstić information content (AvgIpc) is 3.00. The van der Waals surface area contributed by atoms with Gasteiger partial charge in [-0.1, -0.05) is 17.7 Å². The summed E-state index contributed by atoms with van der Waals surface area (Å²) in [6, 6.07) is 7.61. The van der Waals surface area contributed by atoms with E-state index in [1.807, 2.05) is 23.6 Å². The Kier molecular flexibility index (Phi) is 5.21. The van der Waals surface area contributed by atoms with E-state index in [1.165, 1.54) is 4.88 Å². The van der Waals surface area contributed by atoms with Crippen molar-refractivity contribution in [2.45, 2.75) is 6.04 Å². The van der Waals surface area contributed by atoms with Crippen molar-refractivity contribution in [3.8, 4) is 0 Å². The number of urea groups is 1. The number of nitrogens with two attached hydrogens (primary N) is 1. The molecule has 2 heterocycles. The zero-order chi connectivity index (χ0) is 13.7. The van der Waals surface area contributed by atoms with Gasteiger partial charge in [0.05, 0.1) is 10.4 Å². The van der Waals surface area contributed by atoms with Gasteiger partial charge in [0.1, 0.15) is 0 Å². The number of hydrogen-bond donors (Lipinski definition) is 3. The Hall–Kier alpha value is -1.08. The molecule has 0 radical (unpaired) electrons. The van der Waals surface area contributed by atoms with Gasteiger partial charge in [0.15, 0.2) is 0 Å². The van der Waals surface area contributed by atoms with E-state index in [0.717, 1.165) is 9.21 Å². The van der Waals surface area contributed by atoms with Crippen molar-refractivity contribution < 1.29 is 4.79 Å². The number of hydrogen-bond acceptors (Lipinski definition) is 4. The molecular formula is C12H14ClN3OS2. The fourth-order valence-electron chi connectivity index (χ4n) is 1.68. The number of nitrogens with one attached hydrogen (secondary N) is 2. The number of carbonyl (C=O) groups is 1. The molecule has 4 N–H and O–H groups in total. The van der Waals surface area contributed by atoms with E-state index in [4.69, 9.17) is 17.3 Å². The Bertz CT molecular complexity index is 527. The first kappa shape index (κ1) is 14.3. The van der Waals surface area contributed by atoms with Gasteiger partial charge in [-0.15, -0.1) is 22.7 Å². The predicted molar refractivity (Wildman–Crippen MR) is 81.1 cm³/mol. The van der Waals surface area contributed by atoms with Crippen LogP contribution in [0.3, 0.4) is 0 Å². The zero-order valence-corrected chi connectivity index (χ0v) is 12.4. The van der Waals surface area contributed by atoms with Crippen LogP contribution < -0.4 is 16.4 Å². The summed E-state index contributed by atoms with van der Waals surface area (Å²) in [6.07, 6.45) is 0. The van der Waals surface area contributed by atoms with Crippen molar-refractivity contribution in [2.75, 3.05) is 13.1 Å². The lowest BCUT2D eigenvalue weighted by atomic mass is 10.2. The van der Waals surface area contributed by atoms with Gasteiger partial charge in [0.25, 0.3) is 0 Å². The molecule has 19 heavy (non-hydrogen) atoms. The molecule has 0 saturated carbocycles. The number of amides is 2. The molecule has 1 atom stereocenters. The number of primary amides is 1. The molecule has 2 aromatic rings. The minimum absolute atomic E-state index is 0.104. The van der Waals surface area contributed by atoms with Gasteiger partial charge in [-0.2, -0.15) is 0 Å². The van der Waals surface area contributed by atoms with Gasteiger partial charge < -0.3 is 16.4 Å². The lowest BCUT2D eigenvalue weighted by Crippen LogP contribution is -2.36. The molecule has 4 nitrogen and oxygen atoms in total. The normalized spacial score (nSPS) is 12.3. The molecule has 1 unspecified atom stereocenters. The second-order valence-electron chi connectivity index (χ2n) is 3.84. The van der Waals surface area contributed by atoms with Crippen LogP contribution in [0.2, 0.25) is 4.34 Å². The second-order valence-corrected chi connectivity index (χ2v) is 6.56. The van der Waals surface area contributed by atoms with Crippen LogP contribution in [-0.2, 0) is 0 Å². The molecule has 7 heteroatoms. The molecule has 0 fully saturated rings. The summed E-state index contributed by atoms with van der Waals surface area (Å²) in [7, 11) is 0. The SMILES string of the molecule is NC(=O)NCCNC(c1cccs1)c1ccc(Cl)s1. The Morgan fingerprint density at radius 1 is 1.32 bits per heavy atom. The molecule has 2 rings (SSSR count). The summed E-state index contributed by atoms with van der Waals surface area (Å²) < 4.78 is 0.772. The molecular weight excluding hydrogens is 302 g/mol. The van der Waals surface area contributed by atoms with E-state index in [2.05, 4.69) is 16.7 Å². The van der Waals surface area contributed by atoms with E-state index in [1.54, 1.807) is 22.7 Å². The van der Waals surface area contributed by atoms with E-state index in [9.17, 15) is 4.79 Å². The standard InChI is InChI=1S/C12H14ClN3OS2/c13-10-4-3-9(19-10)11(8-2-1-7-18-8)15-5-6-16-12(14)17/h1-4,7,11,15H,5-6H2,(H3,14,16,17). The van der Waals surface area contributed by atoms with Crippen LogP contribution >= 0.6 is 34.3 Å². The van der Waals surface area contributed by atoms with Gasteiger partial charge in [-0.3, -0.25) is 0 Å². The van der Waals surface area contributed by atoms with Crippen LogP contribution in [0, 0.1) is 0 Å². The molecule has 0 spiro atoms. The molecule has 0 aliphatic heterocycles. The molecule has 0 aliphatic carbocycles. The first-order chi connectivity index (χ1) is 9.16. The third-order valence-electron chi connectivity index (χ3n) is 2.48. The van der Waals surface area contributed by atoms with Crippen molar-refractivity contribution in [1.82, 2.24) is 10.6 Å². The highest BCUT2D eigenvalue weighted by Crippen LogP contribution is 2.32. The average molecular weight is 316 g/mol. The Labute approximate surface area is 124 Å². The van der Waals surface area contributed by atoms with Crippen molar-refractivity contribution in [1.29, 1.82) is 0 Å². The van der Waals surface area contributed by atoms with Crippen molar-refractivity contribution >= 4 is 40.3 Å². The highest BCUT2D eigenvalue weighted by atomic mass is 35.5. The highest BCUT2D eigenvalue weighted by molar-refractivity contribution is 7.16. The molecule has 102 valence electrons. The first-order valence-electron chi connectivity index (χ1n) is 5.72. The van der Waals surface area contributed by atoms with Crippen LogP contribution in [0.25, 0.3) is 0 Å². The van der Waals surface area contributed by atoms with E-state index in [-0.39, 0.29) is 6.04 Å². The maximum atomic E-state index is 10.6.